The third kappa shape index (κ3) is 3.11. The van der Waals surface area contributed by atoms with E-state index in [2.05, 4.69) is 0 Å². The monoisotopic (exact) mass is 312 g/mol. The molecular weight excluding hydrogens is 293 g/mol. The Morgan fingerprint density at radius 1 is 1.23 bits per heavy atom. The van der Waals surface area contributed by atoms with E-state index in [1.807, 2.05) is 4.90 Å². The minimum atomic E-state index is -4.32. The summed E-state index contributed by atoms with van der Waals surface area (Å²) in [4.78, 5) is 13.7. The lowest BCUT2D eigenvalue weighted by Gasteiger charge is -2.38. The van der Waals surface area contributed by atoms with Crippen molar-refractivity contribution in [2.24, 2.45) is 11.1 Å². The van der Waals surface area contributed by atoms with E-state index < -0.39 is 11.7 Å². The van der Waals surface area contributed by atoms with E-state index in [-0.39, 0.29) is 11.9 Å². The Bertz CT molecular complexity index is 564. The van der Waals surface area contributed by atoms with Gasteiger partial charge in [-0.3, -0.25) is 9.69 Å². The van der Waals surface area contributed by atoms with Gasteiger partial charge in [-0.1, -0.05) is 12.1 Å². The number of hydrogen-bond donors (Lipinski definition) is 1. The smallest absolute Gasteiger partial charge is 0.368 e. The molecule has 2 fully saturated rings. The van der Waals surface area contributed by atoms with E-state index in [1.165, 1.54) is 12.1 Å². The van der Waals surface area contributed by atoms with Crippen LogP contribution in [0.15, 0.2) is 24.3 Å². The quantitative estimate of drug-likeness (QED) is 0.933. The summed E-state index contributed by atoms with van der Waals surface area (Å²) in [6.45, 7) is 1.23. The maximum absolute atomic E-state index is 12.6. The average Bonchev–Trinajstić information content (AvgIpc) is 3.20. The fraction of sp³-hybridized carbons (Fsp3) is 0.562. The summed E-state index contributed by atoms with van der Waals surface area (Å²) in [7, 11) is 0. The van der Waals surface area contributed by atoms with E-state index in [1.54, 1.807) is 0 Å². The van der Waals surface area contributed by atoms with Crippen LogP contribution in [-0.2, 0) is 17.5 Å². The molecule has 22 heavy (non-hydrogen) atoms. The highest BCUT2D eigenvalue weighted by molar-refractivity contribution is 5.80. The second-order valence-electron chi connectivity index (χ2n) is 6.54. The fourth-order valence-electron chi connectivity index (χ4n) is 3.31. The minimum absolute atomic E-state index is 0.302. The molecule has 3 rings (SSSR count). The molecule has 3 nitrogen and oxygen atoms in total. The third-order valence-electron chi connectivity index (χ3n) is 4.95. The molecule has 0 aromatic heterocycles. The Morgan fingerprint density at radius 2 is 1.86 bits per heavy atom. The number of halogens is 3. The van der Waals surface area contributed by atoms with E-state index in [4.69, 9.17) is 5.73 Å². The van der Waals surface area contributed by atoms with Crippen LogP contribution in [0.5, 0.6) is 0 Å². The van der Waals surface area contributed by atoms with Gasteiger partial charge in [0.05, 0.1) is 11.6 Å². The molecule has 1 aliphatic carbocycles. The number of rotatable bonds is 3. The van der Waals surface area contributed by atoms with Crippen molar-refractivity contribution >= 4 is 5.91 Å². The van der Waals surface area contributed by atoms with Crippen molar-refractivity contribution < 1.29 is 18.0 Å². The van der Waals surface area contributed by atoms with Crippen LogP contribution in [0.1, 0.15) is 36.8 Å². The van der Waals surface area contributed by atoms with E-state index in [9.17, 15) is 18.0 Å². The number of piperidine rings is 1. The zero-order valence-electron chi connectivity index (χ0n) is 12.2. The Labute approximate surface area is 127 Å². The molecule has 0 radical (unpaired) electrons. The van der Waals surface area contributed by atoms with Gasteiger partial charge in [-0.25, -0.2) is 0 Å². The number of carbonyl (C=O) groups excluding carboxylic acids is 1. The van der Waals surface area contributed by atoms with Crippen molar-refractivity contribution in [1.29, 1.82) is 0 Å². The standard InChI is InChI=1S/C16H19F3N2O/c17-16(18,19)12-3-1-11(2-4-12)10-21-8-7-15(5-6-15)9-13(21)14(20)22/h1-4,13H,5-10H2,(H2,20,22). The molecule has 120 valence electrons. The summed E-state index contributed by atoms with van der Waals surface area (Å²) < 4.78 is 37.7. The summed E-state index contributed by atoms with van der Waals surface area (Å²) in [5.74, 6) is -0.335. The Hall–Kier alpha value is -1.56. The number of amides is 1. The molecule has 2 N–H and O–H groups in total. The topological polar surface area (TPSA) is 46.3 Å². The lowest BCUT2D eigenvalue weighted by atomic mass is 9.87. The second-order valence-corrected chi connectivity index (χ2v) is 6.54. The van der Waals surface area contributed by atoms with Gasteiger partial charge >= 0.3 is 6.18 Å². The number of nitrogens with two attached hydrogens (primary N) is 1. The van der Waals surface area contributed by atoms with Crippen LogP contribution in [-0.4, -0.2) is 23.4 Å². The zero-order valence-corrected chi connectivity index (χ0v) is 12.2. The van der Waals surface area contributed by atoms with Crippen LogP contribution in [0.4, 0.5) is 13.2 Å². The second kappa shape index (κ2) is 5.26. The van der Waals surface area contributed by atoms with Gasteiger partial charge in [0.25, 0.3) is 0 Å². The first-order valence-corrected chi connectivity index (χ1v) is 7.49. The summed E-state index contributed by atoms with van der Waals surface area (Å²) in [6, 6.07) is 4.81. The predicted octanol–water partition coefficient (Wildman–Crippen LogP) is 2.94. The summed E-state index contributed by atoms with van der Waals surface area (Å²) in [6.07, 6.45) is -0.187. The molecule has 1 spiro atoms. The lowest BCUT2D eigenvalue weighted by Crippen LogP contribution is -2.49. The molecular formula is C16H19F3N2O. The lowest BCUT2D eigenvalue weighted by molar-refractivity contribution is -0.137. The Kier molecular flexibility index (Phi) is 3.67. The highest BCUT2D eigenvalue weighted by Crippen LogP contribution is 2.55. The van der Waals surface area contributed by atoms with Crippen molar-refractivity contribution in [2.45, 2.75) is 44.4 Å². The van der Waals surface area contributed by atoms with Gasteiger partial charge in [-0.2, -0.15) is 13.2 Å². The maximum atomic E-state index is 12.6. The van der Waals surface area contributed by atoms with Crippen molar-refractivity contribution in [2.75, 3.05) is 6.54 Å². The van der Waals surface area contributed by atoms with Gasteiger partial charge < -0.3 is 5.73 Å². The van der Waals surface area contributed by atoms with Crippen LogP contribution in [0.25, 0.3) is 0 Å². The van der Waals surface area contributed by atoms with Crippen molar-refractivity contribution in [1.82, 2.24) is 4.90 Å². The molecule has 1 aromatic carbocycles. The van der Waals surface area contributed by atoms with Crippen molar-refractivity contribution in [3.05, 3.63) is 35.4 Å². The van der Waals surface area contributed by atoms with Crippen molar-refractivity contribution in [3.63, 3.8) is 0 Å². The summed E-state index contributed by atoms with van der Waals surface area (Å²) >= 11 is 0. The highest BCUT2D eigenvalue weighted by Gasteiger charge is 2.49. The molecule has 2 aliphatic rings. The molecule has 0 bridgehead atoms. The van der Waals surface area contributed by atoms with Gasteiger partial charge in [-0.05, 0) is 55.3 Å². The largest absolute Gasteiger partial charge is 0.416 e. The van der Waals surface area contributed by atoms with Crippen LogP contribution in [0.2, 0.25) is 0 Å². The van der Waals surface area contributed by atoms with Gasteiger partial charge in [0.15, 0.2) is 0 Å². The number of nitrogens with zero attached hydrogens (tertiary/aromatic N) is 1. The fourth-order valence-corrected chi connectivity index (χ4v) is 3.31. The van der Waals surface area contributed by atoms with E-state index in [0.29, 0.717) is 12.0 Å². The first kappa shape index (κ1) is 15.3. The SMILES string of the molecule is NC(=O)C1CC2(CCN1Cc1ccc(C(F)(F)F)cc1)CC2. The predicted molar refractivity (Wildman–Crippen MR) is 75.7 cm³/mol. The van der Waals surface area contributed by atoms with Crippen molar-refractivity contribution in [3.8, 4) is 0 Å². The first-order valence-electron chi connectivity index (χ1n) is 7.49. The number of alkyl halides is 3. The molecule has 1 aliphatic heterocycles. The third-order valence-corrected chi connectivity index (χ3v) is 4.95. The van der Waals surface area contributed by atoms with Crippen LogP contribution in [0, 0.1) is 5.41 Å². The summed E-state index contributed by atoms with van der Waals surface area (Å²) in [5, 5.41) is 0. The molecule has 1 saturated carbocycles. The molecule has 1 aromatic rings. The summed E-state index contributed by atoms with van der Waals surface area (Å²) in [5.41, 5.74) is 5.93. The van der Waals surface area contributed by atoms with Crippen LogP contribution >= 0.6 is 0 Å². The maximum Gasteiger partial charge on any atom is 0.416 e. The average molecular weight is 312 g/mol. The zero-order chi connectivity index (χ0) is 16.0. The van der Waals surface area contributed by atoms with Gasteiger partial charge in [0.1, 0.15) is 0 Å². The molecule has 6 heteroatoms. The number of carbonyl (C=O) groups is 1. The number of hydrogen-bond acceptors (Lipinski definition) is 2. The van der Waals surface area contributed by atoms with Crippen LogP contribution < -0.4 is 5.73 Å². The first-order chi connectivity index (χ1) is 10.3. The number of benzene rings is 1. The molecule has 1 amide bonds. The molecule has 1 unspecified atom stereocenters. The Balaban J connectivity index is 1.70. The van der Waals surface area contributed by atoms with E-state index >= 15 is 0 Å². The van der Waals surface area contributed by atoms with Gasteiger partial charge in [-0.15, -0.1) is 0 Å². The molecule has 1 saturated heterocycles. The molecule has 1 heterocycles. The molecule has 1 atom stereocenters. The number of likely N-dealkylation sites (tertiary alicyclic amines) is 1. The van der Waals surface area contributed by atoms with Gasteiger partial charge in [0, 0.05) is 6.54 Å². The normalized spacial score (nSPS) is 24.4. The van der Waals surface area contributed by atoms with Crippen LogP contribution in [0.3, 0.4) is 0 Å². The Morgan fingerprint density at radius 3 is 2.36 bits per heavy atom. The van der Waals surface area contributed by atoms with E-state index in [0.717, 1.165) is 49.9 Å². The number of primary amides is 1. The van der Waals surface area contributed by atoms with Gasteiger partial charge in [0.2, 0.25) is 5.91 Å². The highest BCUT2D eigenvalue weighted by atomic mass is 19.4. The minimum Gasteiger partial charge on any atom is -0.368 e.